The molecule has 0 saturated carbocycles. The molecule has 1 heterocycles. The van der Waals surface area contributed by atoms with Crippen molar-refractivity contribution in [2.24, 2.45) is 0 Å². The summed E-state index contributed by atoms with van der Waals surface area (Å²) < 4.78 is 6.54. The van der Waals surface area contributed by atoms with Crippen LogP contribution in [0.25, 0.3) is 11.0 Å². The molecule has 1 unspecified atom stereocenters. The van der Waals surface area contributed by atoms with Crippen LogP contribution in [0.2, 0.25) is 0 Å². The number of aliphatic hydroxyl groups excluding tert-OH is 1. The van der Waals surface area contributed by atoms with Crippen molar-refractivity contribution in [2.75, 3.05) is 0 Å². The van der Waals surface area contributed by atoms with E-state index in [9.17, 15) is 5.11 Å². The lowest BCUT2D eigenvalue weighted by Gasteiger charge is -2.09. The van der Waals surface area contributed by atoms with Crippen LogP contribution in [-0.4, -0.2) is 5.11 Å². The van der Waals surface area contributed by atoms with Crippen LogP contribution in [0.4, 0.5) is 0 Å². The molecule has 2 nitrogen and oxygen atoms in total. The fourth-order valence-electron chi connectivity index (χ4n) is 1.99. The van der Waals surface area contributed by atoms with Crippen molar-refractivity contribution < 1.29 is 9.52 Å². The molecule has 0 aliphatic heterocycles. The Kier molecular flexibility index (Phi) is 2.94. The van der Waals surface area contributed by atoms with E-state index in [1.165, 1.54) is 0 Å². The fraction of sp³-hybridized carbons (Fsp3) is 0.0667. The molecule has 0 amide bonds. The summed E-state index contributed by atoms with van der Waals surface area (Å²) in [5, 5.41) is 11.3. The van der Waals surface area contributed by atoms with E-state index in [4.69, 9.17) is 4.42 Å². The molecule has 0 bridgehead atoms. The summed E-state index contributed by atoms with van der Waals surface area (Å²) in [4.78, 5) is 0. The molecule has 3 rings (SSSR count). The molecular weight excluding hydrogens is 292 g/mol. The number of rotatable bonds is 2. The third kappa shape index (κ3) is 1.96. The van der Waals surface area contributed by atoms with Gasteiger partial charge in [-0.15, -0.1) is 0 Å². The number of furan rings is 1. The zero-order valence-electron chi connectivity index (χ0n) is 9.51. The van der Waals surface area contributed by atoms with Crippen LogP contribution in [0.1, 0.15) is 17.4 Å². The van der Waals surface area contributed by atoms with Crippen molar-refractivity contribution in [3.05, 3.63) is 70.4 Å². The SMILES string of the molecule is OC(c1cc2ccccc2o1)c1ccccc1Br. The zero-order valence-corrected chi connectivity index (χ0v) is 11.1. The van der Waals surface area contributed by atoms with Gasteiger partial charge >= 0.3 is 0 Å². The number of hydrogen-bond acceptors (Lipinski definition) is 2. The van der Waals surface area contributed by atoms with Crippen LogP contribution in [0.15, 0.2) is 63.5 Å². The zero-order chi connectivity index (χ0) is 12.5. The number of benzene rings is 2. The molecule has 0 radical (unpaired) electrons. The minimum absolute atomic E-state index is 0.558. The molecule has 0 aliphatic carbocycles. The average molecular weight is 303 g/mol. The molecule has 0 spiro atoms. The van der Waals surface area contributed by atoms with E-state index in [0.717, 1.165) is 21.0 Å². The monoisotopic (exact) mass is 302 g/mol. The minimum atomic E-state index is -0.757. The van der Waals surface area contributed by atoms with Crippen LogP contribution in [0, 0.1) is 0 Å². The fourth-order valence-corrected chi connectivity index (χ4v) is 2.49. The third-order valence-electron chi connectivity index (χ3n) is 2.91. The predicted octanol–water partition coefficient (Wildman–Crippen LogP) is 4.28. The number of halogens is 1. The lowest BCUT2D eigenvalue weighted by atomic mass is 10.1. The van der Waals surface area contributed by atoms with Gasteiger partial charge in [-0.05, 0) is 18.2 Å². The number of para-hydroxylation sites is 1. The molecule has 0 saturated heterocycles. The summed E-state index contributed by atoms with van der Waals surface area (Å²) >= 11 is 3.44. The standard InChI is InChI=1S/C15H11BrO2/c16-12-7-3-2-6-11(12)15(17)14-9-10-5-1-4-8-13(10)18-14/h1-9,15,17H. The molecule has 0 fully saturated rings. The smallest absolute Gasteiger partial charge is 0.138 e. The van der Waals surface area contributed by atoms with Crippen molar-refractivity contribution in [1.29, 1.82) is 0 Å². The lowest BCUT2D eigenvalue weighted by Crippen LogP contribution is -1.98. The first-order valence-electron chi connectivity index (χ1n) is 5.66. The van der Waals surface area contributed by atoms with E-state index in [0.29, 0.717) is 5.76 Å². The van der Waals surface area contributed by atoms with E-state index < -0.39 is 6.10 Å². The van der Waals surface area contributed by atoms with E-state index in [1.807, 2.05) is 54.6 Å². The van der Waals surface area contributed by atoms with Gasteiger partial charge in [0.15, 0.2) is 0 Å². The highest BCUT2D eigenvalue weighted by Crippen LogP contribution is 2.31. The van der Waals surface area contributed by atoms with Gasteiger partial charge in [0.05, 0.1) is 0 Å². The largest absolute Gasteiger partial charge is 0.458 e. The molecular formula is C15H11BrO2. The summed E-state index contributed by atoms with van der Waals surface area (Å²) in [6.07, 6.45) is -0.757. The second-order valence-corrected chi connectivity index (χ2v) is 4.96. The highest BCUT2D eigenvalue weighted by Gasteiger charge is 2.17. The van der Waals surface area contributed by atoms with Crippen molar-refractivity contribution in [3.8, 4) is 0 Å². The first-order chi connectivity index (χ1) is 8.75. The van der Waals surface area contributed by atoms with E-state index in [-0.39, 0.29) is 0 Å². The Morgan fingerprint density at radius 3 is 2.50 bits per heavy atom. The van der Waals surface area contributed by atoms with Crippen LogP contribution in [-0.2, 0) is 0 Å². The number of fused-ring (bicyclic) bond motifs is 1. The van der Waals surface area contributed by atoms with Crippen molar-refractivity contribution >= 4 is 26.9 Å². The molecule has 18 heavy (non-hydrogen) atoms. The second kappa shape index (κ2) is 4.59. The van der Waals surface area contributed by atoms with Gasteiger partial charge in [-0.1, -0.05) is 52.3 Å². The second-order valence-electron chi connectivity index (χ2n) is 4.11. The van der Waals surface area contributed by atoms with Gasteiger partial charge in [0.2, 0.25) is 0 Å². The van der Waals surface area contributed by atoms with Crippen molar-refractivity contribution in [2.45, 2.75) is 6.10 Å². The summed E-state index contributed by atoms with van der Waals surface area (Å²) in [7, 11) is 0. The molecule has 2 aromatic carbocycles. The number of hydrogen-bond donors (Lipinski definition) is 1. The quantitative estimate of drug-likeness (QED) is 0.766. The summed E-state index contributed by atoms with van der Waals surface area (Å²) in [6, 6.07) is 17.2. The minimum Gasteiger partial charge on any atom is -0.458 e. The van der Waals surface area contributed by atoms with E-state index in [1.54, 1.807) is 0 Å². The molecule has 1 atom stereocenters. The van der Waals surface area contributed by atoms with Crippen LogP contribution >= 0.6 is 15.9 Å². The number of aliphatic hydroxyl groups is 1. The Hall–Kier alpha value is -1.58. The Bertz CT molecular complexity index is 655. The van der Waals surface area contributed by atoms with Gasteiger partial charge in [-0.3, -0.25) is 0 Å². The summed E-state index contributed by atoms with van der Waals surface area (Å²) in [5.74, 6) is 0.558. The maximum absolute atomic E-state index is 10.3. The highest BCUT2D eigenvalue weighted by molar-refractivity contribution is 9.10. The van der Waals surface area contributed by atoms with E-state index in [2.05, 4.69) is 15.9 Å². The molecule has 3 aromatic rings. The molecule has 1 aromatic heterocycles. The Morgan fingerprint density at radius 1 is 1.00 bits per heavy atom. The average Bonchev–Trinajstić information content (AvgIpc) is 2.82. The Balaban J connectivity index is 2.07. The van der Waals surface area contributed by atoms with Crippen molar-refractivity contribution in [3.63, 3.8) is 0 Å². The Morgan fingerprint density at radius 2 is 1.72 bits per heavy atom. The van der Waals surface area contributed by atoms with Gasteiger partial charge in [0.25, 0.3) is 0 Å². The van der Waals surface area contributed by atoms with Crippen LogP contribution < -0.4 is 0 Å². The normalized spacial score (nSPS) is 12.8. The molecule has 1 N–H and O–H groups in total. The summed E-state index contributed by atoms with van der Waals surface area (Å²) in [6.45, 7) is 0. The topological polar surface area (TPSA) is 33.4 Å². The van der Waals surface area contributed by atoms with Gasteiger partial charge < -0.3 is 9.52 Å². The van der Waals surface area contributed by atoms with Crippen molar-refractivity contribution in [1.82, 2.24) is 0 Å². The van der Waals surface area contributed by atoms with E-state index >= 15 is 0 Å². The first kappa shape index (κ1) is 11.5. The summed E-state index contributed by atoms with van der Waals surface area (Å²) in [5.41, 5.74) is 1.59. The highest BCUT2D eigenvalue weighted by atomic mass is 79.9. The van der Waals surface area contributed by atoms with Gasteiger partial charge in [0, 0.05) is 15.4 Å². The van der Waals surface area contributed by atoms with Crippen LogP contribution in [0.5, 0.6) is 0 Å². The van der Waals surface area contributed by atoms with Gasteiger partial charge in [-0.25, -0.2) is 0 Å². The molecule has 3 heteroatoms. The Labute approximate surface area is 113 Å². The van der Waals surface area contributed by atoms with Crippen LogP contribution in [0.3, 0.4) is 0 Å². The molecule has 90 valence electrons. The van der Waals surface area contributed by atoms with Gasteiger partial charge in [0.1, 0.15) is 17.4 Å². The first-order valence-corrected chi connectivity index (χ1v) is 6.46. The maximum Gasteiger partial charge on any atom is 0.138 e. The third-order valence-corrected chi connectivity index (χ3v) is 3.64. The molecule has 0 aliphatic rings. The lowest BCUT2D eigenvalue weighted by molar-refractivity contribution is 0.191. The maximum atomic E-state index is 10.3. The predicted molar refractivity (Wildman–Crippen MR) is 74.4 cm³/mol. The van der Waals surface area contributed by atoms with Gasteiger partial charge in [-0.2, -0.15) is 0 Å².